The summed E-state index contributed by atoms with van der Waals surface area (Å²) in [6.07, 6.45) is -15.3. The number of carbonyl (C=O) groups is 4. The average Bonchev–Trinajstić information content (AvgIpc) is 3.63. The Morgan fingerprint density at radius 2 is 1.15 bits per heavy atom. The molecule has 0 spiro atoms. The van der Waals surface area contributed by atoms with Crippen LogP contribution in [0.2, 0.25) is 0 Å². The van der Waals surface area contributed by atoms with E-state index in [0.717, 1.165) is 26.7 Å². The highest BCUT2D eigenvalue weighted by Gasteiger charge is 2.50. The van der Waals surface area contributed by atoms with E-state index >= 15 is 0 Å². The highest BCUT2D eigenvalue weighted by Crippen LogP contribution is 2.45. The Hall–Kier alpha value is -4.08. The van der Waals surface area contributed by atoms with Gasteiger partial charge in [0.1, 0.15) is 54.9 Å². The van der Waals surface area contributed by atoms with Crippen LogP contribution in [-0.4, -0.2) is 191 Å². The lowest BCUT2D eigenvalue weighted by molar-refractivity contribution is -0.327. The van der Waals surface area contributed by atoms with Crippen LogP contribution in [0.15, 0.2) is 47.0 Å². The van der Waals surface area contributed by atoms with Crippen molar-refractivity contribution in [3.05, 3.63) is 47.0 Å². The van der Waals surface area contributed by atoms with Crippen molar-refractivity contribution in [3.8, 4) is 0 Å². The first-order valence-electron chi connectivity index (χ1n) is 22.0. The lowest BCUT2D eigenvalue weighted by Crippen LogP contribution is -2.60. The van der Waals surface area contributed by atoms with E-state index in [2.05, 4.69) is 0 Å². The first kappa shape index (κ1) is 53.9. The molecule has 0 unspecified atom stereocenters. The van der Waals surface area contributed by atoms with E-state index in [4.69, 9.17) is 47.4 Å². The zero-order chi connectivity index (χ0) is 49.4. The van der Waals surface area contributed by atoms with Gasteiger partial charge in [-0.2, -0.15) is 0 Å². The molecule has 1 aliphatic carbocycles. The van der Waals surface area contributed by atoms with Gasteiger partial charge in [0.05, 0.1) is 70.6 Å². The van der Waals surface area contributed by atoms with Gasteiger partial charge in [-0.05, 0) is 32.1 Å². The molecule has 9 N–H and O–H groups in total. The maximum atomic E-state index is 13.9. The molecule has 4 aliphatic heterocycles. The standard InChI is InChI=1S/C44H64O23/c1-7-20-22(25(39(56)58-5)16-61-41(20)66-43-37(54)35(52)33(50)28(13-46)64-43)10-30(48)60-15-24-18(3)9-27(32(24)19(4)12-45)63-31(49)11-23-21(8-2)42(62-17-26(23)40(57)59-6)67-44-38(55)36(53)34(51)29(14-47)65-44/h7-8,16-19,22-24,27-29,32-38,41-47,50-55H,9-15H2,1-6H3/b20-7+,21-8+/t18-,19-,22-,23-,24+,27-,28+,29+,32-,33+,34+,35-,36-,37+,38+,41-,42-,43-,44-/m0/s1. The van der Waals surface area contributed by atoms with Crippen molar-refractivity contribution in [1.82, 2.24) is 0 Å². The van der Waals surface area contributed by atoms with Crippen LogP contribution in [0, 0.1) is 35.5 Å². The summed E-state index contributed by atoms with van der Waals surface area (Å²) in [6, 6.07) is 0. The predicted octanol–water partition coefficient (Wildman–Crippen LogP) is -2.29. The Balaban J connectivity index is 1.27. The van der Waals surface area contributed by atoms with E-state index in [-0.39, 0.29) is 41.4 Å². The number of hydrogen-bond donors (Lipinski definition) is 9. The van der Waals surface area contributed by atoms with Crippen LogP contribution in [0.1, 0.15) is 47.0 Å². The predicted molar refractivity (Wildman–Crippen MR) is 221 cm³/mol. The normalized spacial score (nSPS) is 39.3. The number of aliphatic hydroxyl groups excluding tert-OH is 9. The van der Waals surface area contributed by atoms with Crippen LogP contribution >= 0.6 is 0 Å². The number of methoxy groups -OCH3 is 2. The number of ether oxygens (including phenoxy) is 10. The monoisotopic (exact) mass is 960 g/mol. The number of aliphatic hydroxyl groups is 9. The van der Waals surface area contributed by atoms with Gasteiger partial charge in [0, 0.05) is 41.4 Å². The van der Waals surface area contributed by atoms with Gasteiger partial charge in [0.25, 0.3) is 0 Å². The fourth-order valence-electron chi connectivity index (χ4n) is 9.31. The van der Waals surface area contributed by atoms with Crippen molar-refractivity contribution in [2.75, 3.05) is 40.6 Å². The third-order valence-corrected chi connectivity index (χ3v) is 13.1. The SMILES string of the molecule is C/C=C1/[C@H](O[C@@H]2O[C@H](CO)[C@@H](O)[C@H](O)[C@H]2O)OC=C(C(=O)OC)[C@H]1CC(=O)OC[C@H]1[C@H]([C@@H](C)CO)[C@@H](OC(=O)C[C@@H]2C(C(=O)OC)=CO[C@@H](O[C@@H]3O[C@H](CO)[C@@H](O)[C@H](O)[C@H]3O)/C2=C/C)C[C@@H]1C. The molecule has 3 fully saturated rings. The average molecular weight is 961 g/mol. The quantitative estimate of drug-likeness (QED) is 0.0421. The Bertz CT molecular complexity index is 1840. The number of esters is 4. The number of carbonyl (C=O) groups excluding carboxylic acids is 4. The molecule has 1 saturated carbocycles. The molecule has 0 bridgehead atoms. The van der Waals surface area contributed by atoms with Gasteiger partial charge >= 0.3 is 23.9 Å². The van der Waals surface area contributed by atoms with Crippen molar-refractivity contribution >= 4 is 23.9 Å². The molecule has 0 radical (unpaired) electrons. The van der Waals surface area contributed by atoms with Gasteiger partial charge in [0.2, 0.25) is 12.6 Å². The fourth-order valence-corrected chi connectivity index (χ4v) is 9.31. The highest BCUT2D eigenvalue weighted by molar-refractivity contribution is 5.91. The summed E-state index contributed by atoms with van der Waals surface area (Å²) >= 11 is 0. The van der Waals surface area contributed by atoms with E-state index in [9.17, 15) is 65.1 Å². The minimum Gasteiger partial charge on any atom is -0.468 e. The van der Waals surface area contributed by atoms with Crippen LogP contribution in [0.25, 0.3) is 0 Å². The van der Waals surface area contributed by atoms with Gasteiger partial charge in [-0.1, -0.05) is 26.0 Å². The Kier molecular flexibility index (Phi) is 19.3. The van der Waals surface area contributed by atoms with E-state index in [0.29, 0.717) is 6.42 Å². The minimum absolute atomic E-state index is 0.0724. The third kappa shape index (κ3) is 11.9. The summed E-state index contributed by atoms with van der Waals surface area (Å²) in [4.78, 5) is 53.5. The second kappa shape index (κ2) is 24.0. The third-order valence-electron chi connectivity index (χ3n) is 13.1. The molecular formula is C44H64O23. The van der Waals surface area contributed by atoms with Crippen LogP contribution in [0.4, 0.5) is 0 Å². The van der Waals surface area contributed by atoms with Crippen LogP contribution < -0.4 is 0 Å². The summed E-state index contributed by atoms with van der Waals surface area (Å²) in [5.74, 6) is -6.99. The number of allylic oxidation sites excluding steroid dienone is 2. The van der Waals surface area contributed by atoms with Gasteiger partial charge < -0.3 is 93.3 Å². The fraction of sp³-hybridized carbons (Fsp3) is 0.727. The van der Waals surface area contributed by atoms with Gasteiger partial charge in [-0.15, -0.1) is 0 Å². The molecule has 0 amide bonds. The number of rotatable bonds is 17. The molecule has 0 aromatic carbocycles. The topological polar surface area (TPSA) is 343 Å². The van der Waals surface area contributed by atoms with Gasteiger partial charge in [-0.25, -0.2) is 9.59 Å². The Morgan fingerprint density at radius 1 is 0.701 bits per heavy atom. The molecule has 2 saturated heterocycles. The molecule has 4 heterocycles. The van der Waals surface area contributed by atoms with Crippen LogP contribution in [-0.2, 0) is 66.5 Å². The van der Waals surface area contributed by atoms with Gasteiger partial charge in [-0.3, -0.25) is 9.59 Å². The smallest absolute Gasteiger partial charge is 0.337 e. The first-order valence-corrected chi connectivity index (χ1v) is 22.0. The lowest BCUT2D eigenvalue weighted by Gasteiger charge is -2.42. The van der Waals surface area contributed by atoms with Crippen LogP contribution in [0.5, 0.6) is 0 Å². The van der Waals surface area contributed by atoms with Crippen molar-refractivity contribution in [2.24, 2.45) is 35.5 Å². The van der Waals surface area contributed by atoms with Crippen molar-refractivity contribution in [2.45, 2.75) is 127 Å². The van der Waals surface area contributed by atoms with E-state index < -0.39 is 160 Å². The number of hydrogen-bond acceptors (Lipinski definition) is 23. The van der Waals surface area contributed by atoms with Crippen molar-refractivity contribution in [1.29, 1.82) is 0 Å². The molecule has 23 nitrogen and oxygen atoms in total. The zero-order valence-electron chi connectivity index (χ0n) is 38.0. The molecular weight excluding hydrogens is 896 g/mol. The summed E-state index contributed by atoms with van der Waals surface area (Å²) < 4.78 is 55.7. The second-order valence-electron chi connectivity index (χ2n) is 17.1. The molecule has 0 aromatic rings. The molecule has 19 atom stereocenters. The van der Waals surface area contributed by atoms with Crippen molar-refractivity contribution < 1.29 is 113 Å². The lowest BCUT2D eigenvalue weighted by atomic mass is 9.82. The first-order chi connectivity index (χ1) is 31.9. The summed E-state index contributed by atoms with van der Waals surface area (Å²) in [6.45, 7) is 4.84. The molecule has 5 aliphatic rings. The molecule has 67 heavy (non-hydrogen) atoms. The van der Waals surface area contributed by atoms with Crippen molar-refractivity contribution in [3.63, 3.8) is 0 Å². The Morgan fingerprint density at radius 3 is 1.55 bits per heavy atom. The Labute approximate surface area is 386 Å². The molecule has 5 rings (SSSR count). The van der Waals surface area contributed by atoms with E-state index in [1.165, 1.54) is 12.2 Å². The maximum Gasteiger partial charge on any atom is 0.337 e. The van der Waals surface area contributed by atoms with E-state index in [1.807, 2.05) is 6.92 Å². The van der Waals surface area contributed by atoms with Gasteiger partial charge in [0.15, 0.2) is 12.6 Å². The largest absolute Gasteiger partial charge is 0.468 e. The zero-order valence-corrected chi connectivity index (χ0v) is 38.0. The molecule has 23 heteroatoms. The molecule has 0 aromatic heterocycles. The summed E-state index contributed by atoms with van der Waals surface area (Å²) in [7, 11) is 2.27. The summed E-state index contributed by atoms with van der Waals surface area (Å²) in [5.41, 5.74) is 0.280. The molecule has 378 valence electrons. The van der Waals surface area contributed by atoms with Crippen LogP contribution in [0.3, 0.4) is 0 Å². The highest BCUT2D eigenvalue weighted by atomic mass is 16.8. The van der Waals surface area contributed by atoms with E-state index in [1.54, 1.807) is 20.8 Å². The summed E-state index contributed by atoms with van der Waals surface area (Å²) in [5, 5.41) is 91.8. The maximum absolute atomic E-state index is 13.9. The second-order valence-corrected chi connectivity index (χ2v) is 17.1. The minimum atomic E-state index is -1.78.